The highest BCUT2D eigenvalue weighted by molar-refractivity contribution is 7.00. The van der Waals surface area contributed by atoms with E-state index in [1.807, 2.05) is 0 Å². The maximum Gasteiger partial charge on any atom is 0.252 e. The molecule has 0 atom stereocenters. The Bertz CT molecular complexity index is 2560. The fourth-order valence-electron chi connectivity index (χ4n) is 8.16. The smallest absolute Gasteiger partial charge is 0.252 e. The largest absolute Gasteiger partial charge is 0.356 e. The minimum absolute atomic E-state index is 0.112. The van der Waals surface area contributed by atoms with Gasteiger partial charge in [-0.15, -0.1) is 0 Å². The van der Waals surface area contributed by atoms with E-state index >= 15 is 0 Å². The van der Waals surface area contributed by atoms with Gasteiger partial charge in [0.1, 0.15) is 0 Å². The van der Waals surface area contributed by atoms with Crippen LogP contribution in [0, 0.1) is 13.8 Å². The molecule has 2 nitrogen and oxygen atoms in total. The first-order chi connectivity index (χ1) is 23.1. The van der Waals surface area contributed by atoms with Crippen molar-refractivity contribution in [3.8, 4) is 39.2 Å². The Labute approximate surface area is 275 Å². The van der Waals surface area contributed by atoms with E-state index in [9.17, 15) is 0 Å². The van der Waals surface area contributed by atoms with Crippen molar-refractivity contribution in [2.24, 2.45) is 0 Å². The number of hydrogen-bond donors (Lipinski definition) is 1. The van der Waals surface area contributed by atoms with Gasteiger partial charge in [0, 0.05) is 39.1 Å². The van der Waals surface area contributed by atoms with Gasteiger partial charge < -0.3 is 9.88 Å². The maximum atomic E-state index is 3.96. The lowest BCUT2D eigenvalue weighted by molar-refractivity contribution is 1.14. The molecular formula is C44H31BN2. The summed E-state index contributed by atoms with van der Waals surface area (Å²) in [6.07, 6.45) is 0. The van der Waals surface area contributed by atoms with Crippen molar-refractivity contribution in [3.63, 3.8) is 0 Å². The number of rotatable bonds is 3. The van der Waals surface area contributed by atoms with E-state index < -0.39 is 0 Å². The topological polar surface area (TPSA) is 17.0 Å². The molecule has 7 aromatic carbocycles. The molecule has 0 bridgehead atoms. The third-order valence-electron chi connectivity index (χ3n) is 10.3. The molecule has 220 valence electrons. The van der Waals surface area contributed by atoms with Crippen molar-refractivity contribution in [1.82, 2.24) is 4.57 Å². The van der Waals surface area contributed by atoms with Gasteiger partial charge in [-0.2, -0.15) is 0 Å². The summed E-state index contributed by atoms with van der Waals surface area (Å²) < 4.78 is 2.56. The molecule has 0 saturated carbocycles. The minimum Gasteiger partial charge on any atom is -0.356 e. The molecule has 2 aliphatic heterocycles. The summed E-state index contributed by atoms with van der Waals surface area (Å²) in [5.74, 6) is 0. The standard InChI is InChI=1S/C44H31BN2/c1-27-16-20-30(21-17-27)40-35-11-6-13-37-44(35)47(43(40)31-22-18-28(2)19-23-31)39-15-7-14-38-41(39)45(37)36-12-5-10-34(42(36)46-38)33-25-24-29-8-3-4-9-32(29)26-33/h3-26,46H,1-2H3. The first kappa shape index (κ1) is 26.4. The van der Waals surface area contributed by atoms with Crippen LogP contribution in [0.2, 0.25) is 0 Å². The van der Waals surface area contributed by atoms with Gasteiger partial charge in [0.25, 0.3) is 6.71 Å². The molecule has 0 fully saturated rings. The maximum absolute atomic E-state index is 3.96. The second kappa shape index (κ2) is 9.85. The van der Waals surface area contributed by atoms with E-state index in [2.05, 4.69) is 169 Å². The summed E-state index contributed by atoms with van der Waals surface area (Å²) in [4.78, 5) is 0. The Morgan fingerprint density at radius 3 is 2.04 bits per heavy atom. The van der Waals surface area contributed by atoms with Crippen LogP contribution in [0.15, 0.2) is 146 Å². The van der Waals surface area contributed by atoms with Crippen LogP contribution in [0.3, 0.4) is 0 Å². The van der Waals surface area contributed by atoms with Gasteiger partial charge in [0.2, 0.25) is 0 Å². The number of para-hydroxylation sites is 2. The lowest BCUT2D eigenvalue weighted by Gasteiger charge is -2.35. The van der Waals surface area contributed by atoms with Crippen molar-refractivity contribution < 1.29 is 0 Å². The van der Waals surface area contributed by atoms with E-state index in [1.54, 1.807) is 0 Å². The number of anilines is 2. The summed E-state index contributed by atoms with van der Waals surface area (Å²) >= 11 is 0. The number of fused-ring (bicyclic) bond motifs is 5. The number of aryl methyl sites for hydroxylation is 2. The molecule has 1 aromatic heterocycles. The lowest BCUT2D eigenvalue weighted by Crippen LogP contribution is -2.59. The zero-order chi connectivity index (χ0) is 31.2. The summed E-state index contributed by atoms with van der Waals surface area (Å²) in [7, 11) is 0. The SMILES string of the molecule is Cc1ccc(-c2c(-c3ccc(C)cc3)n3c4c(cccc24)B2c4cccc(-c5ccc6ccccc6c5)c4Nc4cccc-3c42)cc1. The van der Waals surface area contributed by atoms with Crippen LogP contribution in [0.5, 0.6) is 0 Å². The van der Waals surface area contributed by atoms with E-state index in [0.29, 0.717) is 0 Å². The first-order valence-corrected chi connectivity index (χ1v) is 16.5. The van der Waals surface area contributed by atoms with E-state index in [4.69, 9.17) is 0 Å². The summed E-state index contributed by atoms with van der Waals surface area (Å²) in [6.45, 7) is 4.43. The molecule has 0 aliphatic carbocycles. The fraction of sp³-hybridized carbons (Fsp3) is 0.0455. The van der Waals surface area contributed by atoms with Crippen LogP contribution in [-0.2, 0) is 0 Å². The second-order valence-electron chi connectivity index (χ2n) is 13.2. The number of benzene rings is 7. The molecule has 47 heavy (non-hydrogen) atoms. The monoisotopic (exact) mass is 598 g/mol. The minimum atomic E-state index is 0.112. The Balaban J connectivity index is 1.29. The summed E-state index contributed by atoms with van der Waals surface area (Å²) in [6, 6.07) is 54.1. The Hall–Kier alpha value is -5.80. The highest BCUT2D eigenvalue weighted by Crippen LogP contribution is 2.45. The predicted octanol–water partition coefficient (Wildman–Crippen LogP) is 9.29. The summed E-state index contributed by atoms with van der Waals surface area (Å²) in [5.41, 5.74) is 19.0. The fourth-order valence-corrected chi connectivity index (χ4v) is 8.16. The van der Waals surface area contributed by atoms with Gasteiger partial charge >= 0.3 is 0 Å². The van der Waals surface area contributed by atoms with Crippen LogP contribution in [0.25, 0.3) is 60.9 Å². The van der Waals surface area contributed by atoms with Gasteiger partial charge in [0.05, 0.1) is 5.69 Å². The molecule has 0 radical (unpaired) electrons. The Morgan fingerprint density at radius 1 is 0.553 bits per heavy atom. The number of nitrogens with zero attached hydrogens (tertiary/aromatic N) is 1. The molecule has 0 unspecified atom stereocenters. The summed E-state index contributed by atoms with van der Waals surface area (Å²) in [5, 5.41) is 7.77. The van der Waals surface area contributed by atoms with Crippen LogP contribution in [0.1, 0.15) is 11.1 Å². The average Bonchev–Trinajstić information content (AvgIpc) is 3.46. The van der Waals surface area contributed by atoms with Gasteiger partial charge in [-0.3, -0.25) is 0 Å². The number of hydrogen-bond acceptors (Lipinski definition) is 1. The first-order valence-electron chi connectivity index (χ1n) is 16.5. The quantitative estimate of drug-likeness (QED) is 0.201. The van der Waals surface area contributed by atoms with E-state index in [1.165, 1.54) is 99.8 Å². The van der Waals surface area contributed by atoms with Gasteiger partial charge in [-0.1, -0.05) is 139 Å². The normalized spacial score (nSPS) is 12.6. The van der Waals surface area contributed by atoms with Crippen molar-refractivity contribution in [3.05, 3.63) is 157 Å². The third kappa shape index (κ3) is 3.80. The van der Waals surface area contributed by atoms with E-state index in [-0.39, 0.29) is 6.71 Å². The van der Waals surface area contributed by atoms with Crippen molar-refractivity contribution in [2.45, 2.75) is 13.8 Å². The van der Waals surface area contributed by atoms with Crippen LogP contribution < -0.4 is 21.7 Å². The van der Waals surface area contributed by atoms with Gasteiger partial charge in [-0.05, 0) is 75.9 Å². The number of nitrogens with one attached hydrogen (secondary N) is 1. The Morgan fingerprint density at radius 2 is 1.23 bits per heavy atom. The zero-order valence-corrected chi connectivity index (χ0v) is 26.4. The molecule has 3 heteroatoms. The highest BCUT2D eigenvalue weighted by Gasteiger charge is 2.40. The number of aromatic nitrogens is 1. The molecule has 0 amide bonds. The van der Waals surface area contributed by atoms with Crippen LogP contribution in [0.4, 0.5) is 11.4 Å². The lowest BCUT2D eigenvalue weighted by atomic mass is 9.34. The molecule has 3 heterocycles. The molecule has 1 N–H and O–H groups in total. The van der Waals surface area contributed by atoms with Crippen molar-refractivity contribution >= 4 is 56.2 Å². The highest BCUT2D eigenvalue weighted by atomic mass is 15.0. The Kier molecular flexibility index (Phi) is 5.54. The molecule has 10 rings (SSSR count). The van der Waals surface area contributed by atoms with Gasteiger partial charge in [-0.25, -0.2) is 0 Å². The van der Waals surface area contributed by atoms with Crippen LogP contribution >= 0.6 is 0 Å². The van der Waals surface area contributed by atoms with Crippen molar-refractivity contribution in [2.75, 3.05) is 5.32 Å². The predicted molar refractivity (Wildman–Crippen MR) is 201 cm³/mol. The van der Waals surface area contributed by atoms with Crippen LogP contribution in [-0.4, -0.2) is 11.3 Å². The molecule has 0 spiro atoms. The molecule has 0 saturated heterocycles. The molecule has 2 aliphatic rings. The molecule has 8 aromatic rings. The zero-order valence-electron chi connectivity index (χ0n) is 26.4. The molecular weight excluding hydrogens is 567 g/mol. The van der Waals surface area contributed by atoms with Crippen molar-refractivity contribution in [1.29, 1.82) is 0 Å². The second-order valence-corrected chi connectivity index (χ2v) is 13.2. The average molecular weight is 599 g/mol. The van der Waals surface area contributed by atoms with E-state index in [0.717, 1.165) is 0 Å². The van der Waals surface area contributed by atoms with Gasteiger partial charge in [0.15, 0.2) is 0 Å². The third-order valence-corrected chi connectivity index (χ3v) is 10.3.